The molecule has 18 heavy (non-hydrogen) atoms. The quantitative estimate of drug-likeness (QED) is 0.655. The molecule has 1 unspecified atom stereocenters. The fourth-order valence-corrected chi connectivity index (χ4v) is 3.09. The maximum absolute atomic E-state index is 11.6. The first-order valence-electron chi connectivity index (χ1n) is 5.96. The summed E-state index contributed by atoms with van der Waals surface area (Å²) in [6.07, 6.45) is 0. The summed E-state index contributed by atoms with van der Waals surface area (Å²) in [6.45, 7) is 4.21. The fraction of sp³-hybridized carbons (Fsp3) is 0.462. The van der Waals surface area contributed by atoms with Crippen molar-refractivity contribution in [3.63, 3.8) is 0 Å². The summed E-state index contributed by atoms with van der Waals surface area (Å²) in [5.41, 5.74) is 7.75. The molecule has 1 aliphatic rings. The number of ether oxygens (including phenoxy) is 1. The monoisotopic (exact) mass is 266 g/mol. The van der Waals surface area contributed by atoms with Crippen molar-refractivity contribution in [2.45, 2.75) is 12.2 Å². The Bertz CT molecular complexity index is 451. The highest BCUT2D eigenvalue weighted by molar-refractivity contribution is 8.00. The van der Waals surface area contributed by atoms with Gasteiger partial charge in [0.25, 0.3) is 0 Å². The van der Waals surface area contributed by atoms with Crippen molar-refractivity contribution in [1.82, 2.24) is 0 Å². The molecule has 98 valence electrons. The van der Waals surface area contributed by atoms with Crippen LogP contribution in [0.3, 0.4) is 0 Å². The molecule has 0 aromatic heterocycles. The van der Waals surface area contributed by atoms with Gasteiger partial charge in [-0.15, -0.1) is 0 Å². The van der Waals surface area contributed by atoms with Crippen LogP contribution in [0.5, 0.6) is 0 Å². The van der Waals surface area contributed by atoms with E-state index in [9.17, 15) is 4.79 Å². The van der Waals surface area contributed by atoms with E-state index >= 15 is 0 Å². The first-order chi connectivity index (χ1) is 8.61. The summed E-state index contributed by atoms with van der Waals surface area (Å²) in [7, 11) is 1.37. The van der Waals surface area contributed by atoms with Gasteiger partial charge < -0.3 is 15.4 Å². The molecule has 0 amide bonds. The van der Waals surface area contributed by atoms with Crippen molar-refractivity contribution in [2.24, 2.45) is 0 Å². The molecule has 0 spiro atoms. The van der Waals surface area contributed by atoms with Gasteiger partial charge in [-0.2, -0.15) is 11.8 Å². The number of methoxy groups -OCH3 is 1. The SMILES string of the molecule is COC(=O)c1cc(N2CCSC(C)C2)ccc1N. The maximum Gasteiger partial charge on any atom is 0.340 e. The Hall–Kier alpha value is -1.36. The van der Waals surface area contributed by atoms with Crippen LogP contribution in [0.2, 0.25) is 0 Å². The van der Waals surface area contributed by atoms with Crippen molar-refractivity contribution >= 4 is 29.1 Å². The normalized spacial score (nSPS) is 19.7. The molecule has 1 fully saturated rings. The Morgan fingerprint density at radius 1 is 1.56 bits per heavy atom. The van der Waals surface area contributed by atoms with Crippen molar-refractivity contribution in [3.8, 4) is 0 Å². The molecule has 5 heteroatoms. The zero-order valence-electron chi connectivity index (χ0n) is 10.7. The van der Waals surface area contributed by atoms with Crippen LogP contribution in [0.1, 0.15) is 17.3 Å². The van der Waals surface area contributed by atoms with Gasteiger partial charge in [-0.3, -0.25) is 0 Å². The molecule has 0 bridgehead atoms. The number of benzene rings is 1. The summed E-state index contributed by atoms with van der Waals surface area (Å²) in [6, 6.07) is 5.56. The lowest BCUT2D eigenvalue weighted by atomic mass is 10.1. The van der Waals surface area contributed by atoms with Gasteiger partial charge in [0.1, 0.15) is 0 Å². The minimum atomic E-state index is -0.381. The molecule has 0 saturated carbocycles. The third-order valence-corrected chi connectivity index (χ3v) is 4.18. The van der Waals surface area contributed by atoms with Gasteiger partial charge in [0.2, 0.25) is 0 Å². The Balaban J connectivity index is 2.26. The third-order valence-electron chi connectivity index (χ3n) is 3.05. The molecule has 1 atom stereocenters. The van der Waals surface area contributed by atoms with Gasteiger partial charge in [0.15, 0.2) is 0 Å². The summed E-state index contributed by atoms with van der Waals surface area (Å²) in [4.78, 5) is 13.9. The number of anilines is 2. The lowest BCUT2D eigenvalue weighted by Gasteiger charge is -2.32. The lowest BCUT2D eigenvalue weighted by molar-refractivity contribution is 0.0602. The standard InChI is InChI=1S/C13H18N2O2S/c1-9-8-15(5-6-18-9)10-3-4-12(14)11(7-10)13(16)17-2/h3-4,7,9H,5-6,8,14H2,1-2H3. The molecule has 1 saturated heterocycles. The molecule has 4 nitrogen and oxygen atoms in total. The van der Waals surface area contributed by atoms with Gasteiger partial charge in [-0.05, 0) is 18.2 Å². The highest BCUT2D eigenvalue weighted by atomic mass is 32.2. The van der Waals surface area contributed by atoms with E-state index in [0.717, 1.165) is 24.5 Å². The van der Waals surface area contributed by atoms with Gasteiger partial charge >= 0.3 is 5.97 Å². The van der Waals surface area contributed by atoms with Gasteiger partial charge in [0, 0.05) is 35.5 Å². The predicted octanol–water partition coefficient (Wildman–Crippen LogP) is 2.00. The molecule has 1 aromatic carbocycles. The van der Waals surface area contributed by atoms with Gasteiger partial charge in [-0.25, -0.2) is 4.79 Å². The molecule has 2 rings (SSSR count). The van der Waals surface area contributed by atoms with Crippen LogP contribution in [0.15, 0.2) is 18.2 Å². The molecule has 1 aliphatic heterocycles. The van der Waals surface area contributed by atoms with Crippen LogP contribution in [0.4, 0.5) is 11.4 Å². The number of carbonyl (C=O) groups excluding carboxylic acids is 1. The zero-order chi connectivity index (χ0) is 13.1. The summed E-state index contributed by atoms with van der Waals surface area (Å²) in [5.74, 6) is 0.729. The van der Waals surface area contributed by atoms with Crippen molar-refractivity contribution in [3.05, 3.63) is 23.8 Å². The van der Waals surface area contributed by atoms with Crippen LogP contribution < -0.4 is 10.6 Å². The summed E-state index contributed by atoms with van der Waals surface area (Å²) < 4.78 is 4.74. The number of nitrogen functional groups attached to an aromatic ring is 1. The number of nitrogens with two attached hydrogens (primary N) is 1. The Morgan fingerprint density at radius 2 is 2.33 bits per heavy atom. The number of esters is 1. The number of rotatable bonds is 2. The first-order valence-corrected chi connectivity index (χ1v) is 7.01. The second-order valence-corrected chi connectivity index (χ2v) is 5.94. The van der Waals surface area contributed by atoms with Crippen LogP contribution in [-0.2, 0) is 4.74 Å². The summed E-state index contributed by atoms with van der Waals surface area (Å²) in [5, 5.41) is 0.609. The van der Waals surface area contributed by atoms with Gasteiger partial charge in [0.05, 0.1) is 12.7 Å². The van der Waals surface area contributed by atoms with E-state index in [-0.39, 0.29) is 5.97 Å². The zero-order valence-corrected chi connectivity index (χ0v) is 11.5. The highest BCUT2D eigenvalue weighted by Gasteiger charge is 2.19. The van der Waals surface area contributed by atoms with Crippen molar-refractivity contribution < 1.29 is 9.53 Å². The van der Waals surface area contributed by atoms with Crippen LogP contribution in [0, 0.1) is 0 Å². The number of thioether (sulfide) groups is 1. The minimum Gasteiger partial charge on any atom is -0.465 e. The average Bonchev–Trinajstić information content (AvgIpc) is 2.38. The van der Waals surface area contributed by atoms with E-state index in [1.54, 1.807) is 6.07 Å². The second kappa shape index (κ2) is 5.52. The van der Waals surface area contributed by atoms with E-state index < -0.39 is 0 Å². The van der Waals surface area contributed by atoms with Crippen LogP contribution >= 0.6 is 11.8 Å². The minimum absolute atomic E-state index is 0.381. The smallest absolute Gasteiger partial charge is 0.340 e. The van der Waals surface area contributed by atoms with E-state index in [0.29, 0.717) is 16.5 Å². The van der Waals surface area contributed by atoms with Crippen LogP contribution in [-0.4, -0.2) is 37.2 Å². The van der Waals surface area contributed by atoms with Gasteiger partial charge in [-0.1, -0.05) is 6.92 Å². The average molecular weight is 266 g/mol. The number of hydrogen-bond donors (Lipinski definition) is 1. The van der Waals surface area contributed by atoms with Crippen molar-refractivity contribution in [2.75, 3.05) is 36.6 Å². The van der Waals surface area contributed by atoms with Crippen molar-refractivity contribution in [1.29, 1.82) is 0 Å². The number of carbonyl (C=O) groups is 1. The predicted molar refractivity (Wildman–Crippen MR) is 76.3 cm³/mol. The van der Waals surface area contributed by atoms with E-state index in [1.165, 1.54) is 7.11 Å². The molecule has 1 heterocycles. The molecule has 1 aromatic rings. The molecular formula is C13H18N2O2S. The first kappa shape index (κ1) is 13.1. The number of hydrogen-bond acceptors (Lipinski definition) is 5. The fourth-order valence-electron chi connectivity index (χ4n) is 2.08. The molecule has 2 N–H and O–H groups in total. The molecule has 0 aliphatic carbocycles. The maximum atomic E-state index is 11.6. The van der Waals surface area contributed by atoms with E-state index in [1.807, 2.05) is 23.9 Å². The largest absolute Gasteiger partial charge is 0.465 e. The Kier molecular flexibility index (Phi) is 4.01. The second-order valence-electron chi connectivity index (χ2n) is 4.39. The molecular weight excluding hydrogens is 248 g/mol. The van der Waals surface area contributed by atoms with Crippen LogP contribution in [0.25, 0.3) is 0 Å². The van der Waals surface area contributed by atoms with E-state index in [4.69, 9.17) is 10.5 Å². The third kappa shape index (κ3) is 2.72. The molecule has 0 radical (unpaired) electrons. The Morgan fingerprint density at radius 3 is 3.00 bits per heavy atom. The Labute approximate surface area is 111 Å². The lowest BCUT2D eigenvalue weighted by Crippen LogP contribution is -2.36. The van der Waals surface area contributed by atoms with E-state index in [2.05, 4.69) is 11.8 Å². The topological polar surface area (TPSA) is 55.6 Å². The summed E-state index contributed by atoms with van der Waals surface area (Å²) >= 11 is 1.98. The highest BCUT2D eigenvalue weighted by Crippen LogP contribution is 2.26. The number of nitrogens with zero attached hydrogens (tertiary/aromatic N) is 1.